The Bertz CT molecular complexity index is 451. The number of nitrogens with one attached hydrogen (secondary N) is 1. The van der Waals surface area contributed by atoms with E-state index in [9.17, 15) is 8.42 Å². The Morgan fingerprint density at radius 2 is 1.78 bits per heavy atom. The van der Waals surface area contributed by atoms with E-state index in [1.165, 1.54) is 5.56 Å². The van der Waals surface area contributed by atoms with Crippen molar-refractivity contribution in [3.8, 4) is 0 Å². The fraction of sp³-hybridized carbons (Fsp3) is 0.571. The normalized spacial score (nSPS) is 13.5. The maximum atomic E-state index is 11.7. The van der Waals surface area contributed by atoms with Crippen LogP contribution in [0.25, 0.3) is 0 Å². The van der Waals surface area contributed by atoms with Gasteiger partial charge in [-0.2, -0.15) is 0 Å². The third kappa shape index (κ3) is 4.42. The van der Waals surface area contributed by atoms with Crippen LogP contribution in [-0.4, -0.2) is 27.0 Å². The summed E-state index contributed by atoms with van der Waals surface area (Å²) in [4.78, 5) is 0. The summed E-state index contributed by atoms with van der Waals surface area (Å²) in [5, 5.41) is 3.08. The molecule has 1 rings (SSSR count). The Morgan fingerprint density at radius 3 is 2.22 bits per heavy atom. The minimum atomic E-state index is -2.96. The number of sulfone groups is 1. The second-order valence-corrected chi connectivity index (χ2v) is 6.93. The second kappa shape index (κ2) is 6.90. The van der Waals surface area contributed by atoms with Crippen LogP contribution in [-0.2, 0) is 16.3 Å². The summed E-state index contributed by atoms with van der Waals surface area (Å²) in [6.07, 6.45) is 2.19. The van der Waals surface area contributed by atoms with E-state index in [1.54, 1.807) is 14.0 Å². The highest BCUT2D eigenvalue weighted by Gasteiger charge is 2.17. The summed E-state index contributed by atoms with van der Waals surface area (Å²) in [5.74, 6) is 0.353. The van der Waals surface area contributed by atoms with E-state index in [4.69, 9.17) is 0 Å². The Kier molecular flexibility index (Phi) is 5.82. The lowest BCUT2D eigenvalue weighted by Crippen LogP contribution is -2.26. The van der Waals surface area contributed by atoms with Gasteiger partial charge < -0.3 is 5.32 Å². The van der Waals surface area contributed by atoms with Crippen molar-refractivity contribution in [2.75, 3.05) is 18.6 Å². The Morgan fingerprint density at radius 1 is 1.17 bits per heavy atom. The van der Waals surface area contributed by atoms with Crippen molar-refractivity contribution in [2.45, 2.75) is 32.7 Å². The Balaban J connectivity index is 2.82. The van der Waals surface area contributed by atoms with Gasteiger partial charge in [0.25, 0.3) is 0 Å². The predicted octanol–water partition coefficient (Wildman–Crippen LogP) is 2.33. The molecule has 0 amide bonds. The van der Waals surface area contributed by atoms with Crippen LogP contribution in [0.2, 0.25) is 0 Å². The minimum absolute atomic E-state index is 0.120. The molecule has 0 saturated heterocycles. The molecule has 0 saturated carbocycles. The molecule has 1 unspecified atom stereocenters. The van der Waals surface area contributed by atoms with Gasteiger partial charge in [-0.1, -0.05) is 44.5 Å². The van der Waals surface area contributed by atoms with Crippen molar-refractivity contribution >= 4 is 9.84 Å². The largest absolute Gasteiger partial charge is 0.312 e. The van der Waals surface area contributed by atoms with Gasteiger partial charge in [-0.25, -0.2) is 8.42 Å². The first-order valence-electron chi connectivity index (χ1n) is 6.49. The lowest BCUT2D eigenvalue weighted by atomic mass is 10.0. The molecule has 0 fully saturated rings. The van der Waals surface area contributed by atoms with Crippen LogP contribution >= 0.6 is 0 Å². The molecule has 0 aliphatic heterocycles. The van der Waals surface area contributed by atoms with Gasteiger partial charge in [-0.15, -0.1) is 0 Å². The molecule has 0 aromatic heterocycles. The fourth-order valence-electron chi connectivity index (χ4n) is 1.92. The molecule has 0 aliphatic carbocycles. The van der Waals surface area contributed by atoms with E-state index in [0.29, 0.717) is 0 Å². The lowest BCUT2D eigenvalue weighted by molar-refractivity contribution is 0.575. The molecule has 1 atom stereocenters. The van der Waals surface area contributed by atoms with E-state index in [0.717, 1.165) is 18.4 Å². The van der Waals surface area contributed by atoms with Gasteiger partial charge in [0.15, 0.2) is 9.84 Å². The number of aryl methyl sites for hydroxylation is 1. The van der Waals surface area contributed by atoms with Crippen LogP contribution < -0.4 is 5.32 Å². The van der Waals surface area contributed by atoms with Gasteiger partial charge in [0.05, 0.1) is 5.75 Å². The van der Waals surface area contributed by atoms with E-state index in [-0.39, 0.29) is 17.5 Å². The summed E-state index contributed by atoms with van der Waals surface area (Å²) in [6, 6.07) is 8.10. The standard InChI is InChI=1S/C14H23NO2S/c1-4-6-12-7-9-13(10-8-12)14(15-3)11-18(16,17)5-2/h7-10,14-15H,4-6,11H2,1-3H3. The van der Waals surface area contributed by atoms with Crippen LogP contribution in [0.4, 0.5) is 0 Å². The second-order valence-electron chi connectivity index (χ2n) is 4.53. The fourth-order valence-corrected chi connectivity index (χ4v) is 3.03. The van der Waals surface area contributed by atoms with E-state index in [1.807, 2.05) is 12.1 Å². The first-order chi connectivity index (χ1) is 8.52. The van der Waals surface area contributed by atoms with Gasteiger partial charge in [0, 0.05) is 11.8 Å². The minimum Gasteiger partial charge on any atom is -0.312 e. The highest BCUT2D eigenvalue weighted by molar-refractivity contribution is 7.91. The maximum absolute atomic E-state index is 11.7. The average molecular weight is 269 g/mol. The number of rotatable bonds is 7. The van der Waals surface area contributed by atoms with Crippen molar-refractivity contribution in [1.29, 1.82) is 0 Å². The van der Waals surface area contributed by atoms with Crippen LogP contribution in [0, 0.1) is 0 Å². The molecular formula is C14H23NO2S. The topological polar surface area (TPSA) is 46.2 Å². The third-order valence-corrected chi connectivity index (χ3v) is 4.85. The molecule has 102 valence electrons. The highest BCUT2D eigenvalue weighted by Crippen LogP contribution is 2.16. The van der Waals surface area contributed by atoms with E-state index >= 15 is 0 Å². The third-order valence-electron chi connectivity index (χ3n) is 3.13. The molecule has 0 spiro atoms. The van der Waals surface area contributed by atoms with Crippen molar-refractivity contribution in [1.82, 2.24) is 5.32 Å². The first-order valence-corrected chi connectivity index (χ1v) is 8.31. The molecule has 1 N–H and O–H groups in total. The maximum Gasteiger partial charge on any atom is 0.151 e. The van der Waals surface area contributed by atoms with Crippen LogP contribution in [0.3, 0.4) is 0 Å². The summed E-state index contributed by atoms with van der Waals surface area (Å²) in [5.41, 5.74) is 2.34. The molecule has 1 aromatic carbocycles. The Labute approximate surface area is 111 Å². The Hall–Kier alpha value is -0.870. The van der Waals surface area contributed by atoms with Gasteiger partial charge >= 0.3 is 0 Å². The molecule has 1 aromatic rings. The van der Waals surface area contributed by atoms with Crippen LogP contribution in [0.1, 0.15) is 37.4 Å². The van der Waals surface area contributed by atoms with Crippen LogP contribution in [0.5, 0.6) is 0 Å². The average Bonchev–Trinajstić information content (AvgIpc) is 2.37. The quantitative estimate of drug-likeness (QED) is 0.826. The zero-order valence-electron chi connectivity index (χ0n) is 11.4. The van der Waals surface area contributed by atoms with E-state index in [2.05, 4.69) is 24.4 Å². The molecule has 0 heterocycles. The molecular weight excluding hydrogens is 246 g/mol. The number of hydrogen-bond acceptors (Lipinski definition) is 3. The zero-order chi connectivity index (χ0) is 13.6. The molecule has 0 aliphatic rings. The van der Waals surface area contributed by atoms with Crippen LogP contribution in [0.15, 0.2) is 24.3 Å². The highest BCUT2D eigenvalue weighted by atomic mass is 32.2. The SMILES string of the molecule is CCCc1ccc(C(CS(=O)(=O)CC)NC)cc1. The van der Waals surface area contributed by atoms with Crippen molar-refractivity contribution in [2.24, 2.45) is 0 Å². The molecule has 3 nitrogen and oxygen atoms in total. The summed E-state index contributed by atoms with van der Waals surface area (Å²) in [7, 11) is -1.16. The molecule has 0 bridgehead atoms. The molecule has 0 radical (unpaired) electrons. The number of benzene rings is 1. The molecule has 4 heteroatoms. The monoisotopic (exact) mass is 269 g/mol. The van der Waals surface area contributed by atoms with Gasteiger partial charge in [0.2, 0.25) is 0 Å². The van der Waals surface area contributed by atoms with E-state index < -0.39 is 9.84 Å². The first kappa shape index (κ1) is 15.2. The predicted molar refractivity (Wildman–Crippen MR) is 76.6 cm³/mol. The van der Waals surface area contributed by atoms with Gasteiger partial charge in [-0.3, -0.25) is 0 Å². The van der Waals surface area contributed by atoms with Crippen molar-refractivity contribution in [3.63, 3.8) is 0 Å². The smallest absolute Gasteiger partial charge is 0.151 e. The number of hydrogen-bond donors (Lipinski definition) is 1. The molecule has 18 heavy (non-hydrogen) atoms. The van der Waals surface area contributed by atoms with Gasteiger partial charge in [0.1, 0.15) is 0 Å². The summed E-state index contributed by atoms with van der Waals surface area (Å²) >= 11 is 0. The van der Waals surface area contributed by atoms with Crippen molar-refractivity contribution < 1.29 is 8.42 Å². The van der Waals surface area contributed by atoms with Crippen molar-refractivity contribution in [3.05, 3.63) is 35.4 Å². The summed E-state index contributed by atoms with van der Waals surface area (Å²) in [6.45, 7) is 3.84. The zero-order valence-corrected chi connectivity index (χ0v) is 12.3. The summed E-state index contributed by atoms with van der Waals surface area (Å²) < 4.78 is 23.3. The lowest BCUT2D eigenvalue weighted by Gasteiger charge is -2.16. The van der Waals surface area contributed by atoms with Gasteiger partial charge in [-0.05, 0) is 24.6 Å².